The Kier molecular flexibility index (Phi) is 6.91. The van der Waals surface area contributed by atoms with Crippen LogP contribution in [-0.4, -0.2) is 52.5 Å². The van der Waals surface area contributed by atoms with E-state index in [-0.39, 0.29) is 5.91 Å². The highest BCUT2D eigenvalue weighted by Crippen LogP contribution is 2.29. The Morgan fingerprint density at radius 2 is 1.81 bits per heavy atom. The molecular weight excluding hydrogens is 404 g/mol. The van der Waals surface area contributed by atoms with Gasteiger partial charge in [-0.3, -0.25) is 14.7 Å². The molecule has 8 nitrogen and oxygen atoms in total. The molecule has 8 heteroatoms. The normalized spacial score (nSPS) is 14.7. The fourth-order valence-electron chi connectivity index (χ4n) is 3.93. The molecule has 0 radical (unpaired) electrons. The minimum Gasteiger partial charge on any atom is -0.497 e. The summed E-state index contributed by atoms with van der Waals surface area (Å²) in [5, 5.41) is 6.21. The SMILES string of the molecule is COc1ccc(NC(=O)CN2CCC(c3cc(Nc4ncccn4)cc(C)n3)CC2)cc1. The van der Waals surface area contributed by atoms with Crippen LogP contribution in [0.15, 0.2) is 54.9 Å². The topological polar surface area (TPSA) is 92.3 Å². The van der Waals surface area contributed by atoms with Gasteiger partial charge in [0.1, 0.15) is 5.75 Å². The predicted molar refractivity (Wildman–Crippen MR) is 124 cm³/mol. The molecule has 2 aromatic heterocycles. The Hall–Kier alpha value is -3.52. The molecule has 2 N–H and O–H groups in total. The molecule has 1 amide bonds. The summed E-state index contributed by atoms with van der Waals surface area (Å²) in [5.74, 6) is 1.70. The number of amides is 1. The lowest BCUT2D eigenvalue weighted by Gasteiger charge is -2.31. The van der Waals surface area contributed by atoms with Crippen LogP contribution in [0.1, 0.15) is 30.1 Å². The number of pyridine rings is 1. The van der Waals surface area contributed by atoms with Crippen LogP contribution in [-0.2, 0) is 4.79 Å². The minimum atomic E-state index is -0.00311. The molecule has 1 aromatic carbocycles. The van der Waals surface area contributed by atoms with E-state index in [9.17, 15) is 4.79 Å². The first-order valence-electron chi connectivity index (χ1n) is 10.8. The molecule has 0 unspecified atom stereocenters. The monoisotopic (exact) mass is 432 g/mol. The van der Waals surface area contributed by atoms with Crippen LogP contribution in [0.2, 0.25) is 0 Å². The van der Waals surface area contributed by atoms with Crippen molar-refractivity contribution < 1.29 is 9.53 Å². The maximum Gasteiger partial charge on any atom is 0.238 e. The molecule has 1 aliphatic heterocycles. The number of hydrogen-bond acceptors (Lipinski definition) is 7. The number of benzene rings is 1. The summed E-state index contributed by atoms with van der Waals surface area (Å²) in [5.41, 5.74) is 3.75. The molecule has 1 saturated heterocycles. The van der Waals surface area contributed by atoms with Crippen molar-refractivity contribution in [3.05, 3.63) is 66.2 Å². The number of aromatic nitrogens is 3. The van der Waals surface area contributed by atoms with Crippen LogP contribution in [0, 0.1) is 6.92 Å². The average Bonchev–Trinajstić information content (AvgIpc) is 2.80. The van der Waals surface area contributed by atoms with Gasteiger partial charge in [-0.1, -0.05) is 0 Å². The number of nitrogens with zero attached hydrogens (tertiary/aromatic N) is 4. The van der Waals surface area contributed by atoms with E-state index < -0.39 is 0 Å². The highest BCUT2D eigenvalue weighted by Gasteiger charge is 2.23. The number of hydrogen-bond donors (Lipinski definition) is 2. The summed E-state index contributed by atoms with van der Waals surface area (Å²) in [6, 6.07) is 13.2. The highest BCUT2D eigenvalue weighted by molar-refractivity contribution is 5.92. The van der Waals surface area contributed by atoms with Gasteiger partial charge in [-0.2, -0.15) is 0 Å². The van der Waals surface area contributed by atoms with Gasteiger partial charge < -0.3 is 15.4 Å². The summed E-state index contributed by atoms with van der Waals surface area (Å²) in [4.78, 5) is 27.9. The number of methoxy groups -OCH3 is 1. The van der Waals surface area contributed by atoms with E-state index in [2.05, 4.69) is 31.6 Å². The first kappa shape index (κ1) is 21.7. The molecule has 3 aromatic rings. The zero-order chi connectivity index (χ0) is 22.3. The lowest BCUT2D eigenvalue weighted by Crippen LogP contribution is -2.38. The number of carbonyl (C=O) groups is 1. The van der Waals surface area contributed by atoms with Crippen molar-refractivity contribution in [3.63, 3.8) is 0 Å². The Bertz CT molecular complexity index is 1030. The number of aryl methyl sites for hydroxylation is 1. The number of rotatable bonds is 7. The van der Waals surface area contributed by atoms with Gasteiger partial charge in [0.2, 0.25) is 11.9 Å². The molecule has 3 heterocycles. The van der Waals surface area contributed by atoms with Crippen LogP contribution in [0.5, 0.6) is 5.75 Å². The van der Waals surface area contributed by atoms with Gasteiger partial charge in [0.15, 0.2) is 0 Å². The molecule has 0 atom stereocenters. The van der Waals surface area contributed by atoms with Crippen LogP contribution < -0.4 is 15.4 Å². The zero-order valence-corrected chi connectivity index (χ0v) is 18.4. The van der Waals surface area contributed by atoms with Crippen molar-refractivity contribution in [1.82, 2.24) is 19.9 Å². The van der Waals surface area contributed by atoms with E-state index >= 15 is 0 Å². The van der Waals surface area contributed by atoms with Crippen molar-refractivity contribution in [2.75, 3.05) is 37.4 Å². The average molecular weight is 433 g/mol. The number of anilines is 3. The largest absolute Gasteiger partial charge is 0.497 e. The molecule has 0 spiro atoms. The van der Waals surface area contributed by atoms with Crippen LogP contribution in [0.4, 0.5) is 17.3 Å². The van der Waals surface area contributed by atoms with Gasteiger partial charge in [0.05, 0.1) is 13.7 Å². The molecule has 0 aliphatic carbocycles. The fraction of sp³-hybridized carbons (Fsp3) is 0.333. The Balaban J connectivity index is 1.30. The molecule has 4 rings (SSSR count). The molecular formula is C24H28N6O2. The van der Waals surface area contributed by atoms with Crippen LogP contribution in [0.25, 0.3) is 0 Å². The fourth-order valence-corrected chi connectivity index (χ4v) is 3.93. The molecule has 1 aliphatic rings. The standard InChI is InChI=1S/C24H28N6O2/c1-17-14-20(29-24-25-10-3-11-26-24)15-22(27-17)18-8-12-30(13-9-18)16-23(31)28-19-4-6-21(32-2)7-5-19/h3-7,10-11,14-15,18H,8-9,12-13,16H2,1-2H3,(H,28,31)(H,25,26,27,29). The molecule has 0 bridgehead atoms. The second-order valence-electron chi connectivity index (χ2n) is 7.95. The first-order chi connectivity index (χ1) is 15.6. The van der Waals surface area contributed by atoms with Crippen molar-refractivity contribution in [3.8, 4) is 5.75 Å². The second kappa shape index (κ2) is 10.2. The zero-order valence-electron chi connectivity index (χ0n) is 18.4. The summed E-state index contributed by atoms with van der Waals surface area (Å²) >= 11 is 0. The number of carbonyl (C=O) groups excluding carboxylic acids is 1. The molecule has 166 valence electrons. The molecule has 0 saturated carbocycles. The van der Waals surface area contributed by atoms with Gasteiger partial charge in [-0.05, 0) is 75.3 Å². The number of likely N-dealkylation sites (tertiary alicyclic amines) is 1. The summed E-state index contributed by atoms with van der Waals surface area (Å²) < 4.78 is 5.15. The lowest BCUT2D eigenvalue weighted by atomic mass is 9.92. The second-order valence-corrected chi connectivity index (χ2v) is 7.95. The van der Waals surface area contributed by atoms with Gasteiger partial charge in [-0.15, -0.1) is 0 Å². The smallest absolute Gasteiger partial charge is 0.238 e. The van der Waals surface area contributed by atoms with Gasteiger partial charge in [0.25, 0.3) is 0 Å². The van der Waals surface area contributed by atoms with Crippen LogP contribution >= 0.6 is 0 Å². The van der Waals surface area contributed by atoms with E-state index in [1.165, 1.54) is 0 Å². The summed E-state index contributed by atoms with van der Waals surface area (Å²) in [6.45, 7) is 4.11. The van der Waals surface area contributed by atoms with Gasteiger partial charge in [0, 0.05) is 41.1 Å². The predicted octanol–water partition coefficient (Wildman–Crippen LogP) is 3.75. The number of piperidine rings is 1. The quantitative estimate of drug-likeness (QED) is 0.587. The Morgan fingerprint density at radius 3 is 2.50 bits per heavy atom. The van der Waals surface area contributed by atoms with E-state index in [1.54, 1.807) is 25.6 Å². The Morgan fingerprint density at radius 1 is 1.09 bits per heavy atom. The third-order valence-corrected chi connectivity index (χ3v) is 5.54. The van der Waals surface area contributed by atoms with E-state index in [1.807, 2.05) is 37.3 Å². The van der Waals surface area contributed by atoms with Gasteiger partial charge in [-0.25, -0.2) is 9.97 Å². The Labute approximate surface area is 188 Å². The van der Waals surface area contributed by atoms with Gasteiger partial charge >= 0.3 is 0 Å². The van der Waals surface area contributed by atoms with Crippen LogP contribution in [0.3, 0.4) is 0 Å². The van der Waals surface area contributed by atoms with Crippen molar-refractivity contribution in [2.24, 2.45) is 0 Å². The molecule has 1 fully saturated rings. The van der Waals surface area contributed by atoms with E-state index in [4.69, 9.17) is 9.72 Å². The third-order valence-electron chi connectivity index (χ3n) is 5.54. The summed E-state index contributed by atoms with van der Waals surface area (Å²) in [7, 11) is 1.62. The lowest BCUT2D eigenvalue weighted by molar-refractivity contribution is -0.117. The van der Waals surface area contributed by atoms with E-state index in [0.717, 1.165) is 54.4 Å². The number of nitrogens with one attached hydrogen (secondary N) is 2. The van der Waals surface area contributed by atoms with E-state index in [0.29, 0.717) is 18.4 Å². The van der Waals surface area contributed by atoms with Crippen molar-refractivity contribution in [2.45, 2.75) is 25.7 Å². The third kappa shape index (κ3) is 5.79. The summed E-state index contributed by atoms with van der Waals surface area (Å²) in [6.07, 6.45) is 5.36. The molecule has 32 heavy (non-hydrogen) atoms. The minimum absolute atomic E-state index is 0.00311. The van der Waals surface area contributed by atoms with Crippen molar-refractivity contribution in [1.29, 1.82) is 0 Å². The number of ether oxygens (including phenoxy) is 1. The van der Waals surface area contributed by atoms with Crippen molar-refractivity contribution >= 4 is 23.2 Å². The highest BCUT2D eigenvalue weighted by atomic mass is 16.5. The maximum atomic E-state index is 12.4. The first-order valence-corrected chi connectivity index (χ1v) is 10.8. The maximum absolute atomic E-state index is 12.4.